The minimum absolute atomic E-state index is 0.161. The van der Waals surface area contributed by atoms with Gasteiger partial charge >= 0.3 is 0 Å². The van der Waals surface area contributed by atoms with Gasteiger partial charge < -0.3 is 10.2 Å². The van der Waals surface area contributed by atoms with Gasteiger partial charge in [0.1, 0.15) is 5.82 Å². The first kappa shape index (κ1) is 15.3. The summed E-state index contributed by atoms with van der Waals surface area (Å²) >= 11 is 5.74. The van der Waals surface area contributed by atoms with Crippen molar-refractivity contribution in [3.63, 3.8) is 0 Å². The van der Waals surface area contributed by atoms with Crippen LogP contribution in [0, 0.1) is 11.7 Å². The normalized spacial score (nSPS) is 30.6. The monoisotopic (exact) mass is 310 g/mol. The summed E-state index contributed by atoms with van der Waals surface area (Å²) in [6.45, 7) is 3.11. The van der Waals surface area contributed by atoms with Crippen LogP contribution in [0.15, 0.2) is 18.2 Å². The van der Waals surface area contributed by atoms with E-state index in [0.717, 1.165) is 30.1 Å². The van der Waals surface area contributed by atoms with Crippen molar-refractivity contribution in [3.8, 4) is 0 Å². The Morgan fingerprint density at radius 1 is 1.33 bits per heavy atom. The second-order valence-corrected chi connectivity index (χ2v) is 7.10. The molecule has 0 spiro atoms. The molecule has 2 aliphatic heterocycles. The van der Waals surface area contributed by atoms with Crippen molar-refractivity contribution in [2.75, 3.05) is 13.6 Å². The molecular formula is C17H24ClFN2. The van der Waals surface area contributed by atoms with E-state index in [0.29, 0.717) is 0 Å². The van der Waals surface area contributed by atoms with E-state index < -0.39 is 0 Å². The van der Waals surface area contributed by atoms with Crippen LogP contribution in [0.2, 0.25) is 5.02 Å². The molecule has 2 fully saturated rings. The largest absolute Gasteiger partial charge is 0.310 e. The standard InChI is InChI=1S/C17H24ClFN2/c1-11(13-3-6-16(18)17(19)9-13)20-10-12-7-14-4-5-15(8-12)21(14)2/h3,6,9,11-12,14-15,20H,4-5,7-8,10H2,1-2H3. The third-order valence-electron chi connectivity index (χ3n) is 5.35. The van der Waals surface area contributed by atoms with Crippen molar-refractivity contribution in [1.29, 1.82) is 0 Å². The highest BCUT2D eigenvalue weighted by atomic mass is 35.5. The van der Waals surface area contributed by atoms with E-state index in [1.165, 1.54) is 25.7 Å². The zero-order valence-electron chi connectivity index (χ0n) is 12.8. The van der Waals surface area contributed by atoms with Crippen LogP contribution in [0.5, 0.6) is 0 Å². The molecule has 116 valence electrons. The van der Waals surface area contributed by atoms with E-state index in [2.05, 4.69) is 24.2 Å². The van der Waals surface area contributed by atoms with Crippen LogP contribution in [0.4, 0.5) is 4.39 Å². The van der Waals surface area contributed by atoms with Crippen LogP contribution in [-0.2, 0) is 0 Å². The van der Waals surface area contributed by atoms with Gasteiger partial charge in [0, 0.05) is 18.1 Å². The minimum atomic E-state index is -0.333. The van der Waals surface area contributed by atoms with Crippen molar-refractivity contribution >= 4 is 11.6 Å². The quantitative estimate of drug-likeness (QED) is 0.904. The Labute approximate surface area is 131 Å². The van der Waals surface area contributed by atoms with Crippen LogP contribution in [0.25, 0.3) is 0 Å². The Bertz CT molecular complexity index is 494. The molecule has 0 aliphatic carbocycles. The minimum Gasteiger partial charge on any atom is -0.310 e. The molecule has 1 aromatic carbocycles. The highest BCUT2D eigenvalue weighted by molar-refractivity contribution is 6.30. The third kappa shape index (κ3) is 3.25. The van der Waals surface area contributed by atoms with Gasteiger partial charge in [-0.15, -0.1) is 0 Å². The Morgan fingerprint density at radius 3 is 2.62 bits per heavy atom. The number of hydrogen-bond acceptors (Lipinski definition) is 2. The van der Waals surface area contributed by atoms with Gasteiger partial charge in [0.25, 0.3) is 0 Å². The lowest BCUT2D eigenvalue weighted by molar-refractivity contribution is 0.131. The van der Waals surface area contributed by atoms with E-state index in [1.54, 1.807) is 12.1 Å². The number of piperidine rings is 1. The molecule has 2 nitrogen and oxygen atoms in total. The van der Waals surface area contributed by atoms with E-state index in [9.17, 15) is 4.39 Å². The zero-order chi connectivity index (χ0) is 15.0. The maximum atomic E-state index is 13.5. The summed E-state index contributed by atoms with van der Waals surface area (Å²) < 4.78 is 13.5. The van der Waals surface area contributed by atoms with Crippen molar-refractivity contribution in [1.82, 2.24) is 10.2 Å². The number of halogens is 2. The van der Waals surface area contributed by atoms with Crippen molar-refractivity contribution < 1.29 is 4.39 Å². The number of nitrogens with zero attached hydrogens (tertiary/aromatic N) is 1. The molecule has 3 rings (SSSR count). The molecule has 21 heavy (non-hydrogen) atoms. The average molecular weight is 311 g/mol. The summed E-state index contributed by atoms with van der Waals surface area (Å²) in [6, 6.07) is 6.80. The lowest BCUT2D eigenvalue weighted by atomic mass is 9.90. The zero-order valence-corrected chi connectivity index (χ0v) is 13.5. The molecule has 4 heteroatoms. The highest BCUT2D eigenvalue weighted by Crippen LogP contribution is 2.37. The Kier molecular flexibility index (Phi) is 4.53. The lowest BCUT2D eigenvalue weighted by Crippen LogP contribution is -2.42. The fraction of sp³-hybridized carbons (Fsp3) is 0.647. The molecule has 1 aromatic rings. The summed E-state index contributed by atoms with van der Waals surface area (Å²) in [7, 11) is 2.27. The SMILES string of the molecule is CC(NCC1CC2CCC(C1)N2C)c1ccc(Cl)c(F)c1. The lowest BCUT2D eigenvalue weighted by Gasteiger charge is -2.36. The molecule has 0 saturated carbocycles. The molecule has 3 atom stereocenters. The second-order valence-electron chi connectivity index (χ2n) is 6.69. The first-order valence-electron chi connectivity index (χ1n) is 7.95. The molecule has 0 radical (unpaired) electrons. The van der Waals surface area contributed by atoms with Crippen molar-refractivity contribution in [2.24, 2.45) is 5.92 Å². The Morgan fingerprint density at radius 2 is 2.00 bits per heavy atom. The summed E-state index contributed by atoms with van der Waals surface area (Å²) in [5.74, 6) is 0.415. The van der Waals surface area contributed by atoms with Crippen LogP contribution < -0.4 is 5.32 Å². The van der Waals surface area contributed by atoms with Gasteiger partial charge in [-0.25, -0.2) is 4.39 Å². The molecule has 1 N–H and O–H groups in total. The second kappa shape index (κ2) is 6.23. The van der Waals surface area contributed by atoms with Crippen LogP contribution in [0.3, 0.4) is 0 Å². The van der Waals surface area contributed by atoms with Crippen molar-refractivity contribution in [2.45, 2.75) is 50.7 Å². The number of hydrogen-bond donors (Lipinski definition) is 1. The Hall–Kier alpha value is -0.640. The highest BCUT2D eigenvalue weighted by Gasteiger charge is 2.38. The maximum absolute atomic E-state index is 13.5. The molecule has 0 amide bonds. The Balaban J connectivity index is 1.54. The van der Waals surface area contributed by atoms with E-state index in [4.69, 9.17) is 11.6 Å². The molecular weight excluding hydrogens is 287 g/mol. The van der Waals surface area contributed by atoms with E-state index in [-0.39, 0.29) is 16.9 Å². The fourth-order valence-corrected chi connectivity index (χ4v) is 4.05. The topological polar surface area (TPSA) is 15.3 Å². The van der Waals surface area contributed by atoms with E-state index >= 15 is 0 Å². The molecule has 2 saturated heterocycles. The summed E-state index contributed by atoms with van der Waals surface area (Å²) in [5.41, 5.74) is 0.966. The number of nitrogens with one attached hydrogen (secondary N) is 1. The summed E-state index contributed by atoms with van der Waals surface area (Å²) in [4.78, 5) is 2.56. The van der Waals surface area contributed by atoms with Crippen LogP contribution in [-0.4, -0.2) is 30.6 Å². The van der Waals surface area contributed by atoms with E-state index in [1.807, 2.05) is 6.07 Å². The van der Waals surface area contributed by atoms with Crippen molar-refractivity contribution in [3.05, 3.63) is 34.6 Å². The summed E-state index contributed by atoms with van der Waals surface area (Å²) in [5, 5.41) is 3.76. The molecule has 0 aromatic heterocycles. The third-order valence-corrected chi connectivity index (χ3v) is 5.66. The van der Waals surface area contributed by atoms with Gasteiger partial charge in [-0.3, -0.25) is 0 Å². The van der Waals surface area contributed by atoms with Gasteiger partial charge in [0.15, 0.2) is 0 Å². The van der Waals surface area contributed by atoms with Crippen LogP contribution in [0.1, 0.15) is 44.2 Å². The molecule has 2 aliphatic rings. The summed E-state index contributed by atoms with van der Waals surface area (Å²) in [6.07, 6.45) is 5.30. The first-order chi connectivity index (χ1) is 10.0. The van der Waals surface area contributed by atoms with Gasteiger partial charge in [-0.2, -0.15) is 0 Å². The fourth-order valence-electron chi connectivity index (χ4n) is 3.93. The average Bonchev–Trinajstić information content (AvgIpc) is 2.69. The predicted molar refractivity (Wildman–Crippen MR) is 85.1 cm³/mol. The number of benzene rings is 1. The predicted octanol–water partition coefficient (Wildman–Crippen LogP) is 4.00. The number of rotatable bonds is 4. The molecule has 2 bridgehead atoms. The smallest absolute Gasteiger partial charge is 0.142 e. The van der Waals surface area contributed by atoms with Crippen LogP contribution >= 0.6 is 11.6 Å². The van der Waals surface area contributed by atoms with Gasteiger partial charge in [0.2, 0.25) is 0 Å². The number of fused-ring (bicyclic) bond motifs is 2. The first-order valence-corrected chi connectivity index (χ1v) is 8.32. The maximum Gasteiger partial charge on any atom is 0.142 e. The van der Waals surface area contributed by atoms with Gasteiger partial charge in [-0.05, 0) is 69.8 Å². The molecule has 3 unspecified atom stereocenters. The van der Waals surface area contributed by atoms with Gasteiger partial charge in [0.05, 0.1) is 5.02 Å². The molecule has 2 heterocycles. The van der Waals surface area contributed by atoms with Gasteiger partial charge in [-0.1, -0.05) is 17.7 Å².